The number of benzene rings is 1. The fraction of sp³-hybridized carbons (Fsp3) is 0.357. The maximum atomic E-state index is 12.1. The van der Waals surface area contributed by atoms with Crippen LogP contribution in [-0.4, -0.2) is 23.3 Å². The Balaban J connectivity index is 2.91. The van der Waals surface area contributed by atoms with Gasteiger partial charge in [-0.3, -0.25) is 19.7 Å². The predicted molar refractivity (Wildman–Crippen MR) is 72.4 cm³/mol. The first-order chi connectivity index (χ1) is 9.84. The molecular formula is C14H14N2O5. The average Bonchev–Trinajstić information content (AvgIpc) is 2.47. The molecule has 0 aliphatic carbocycles. The van der Waals surface area contributed by atoms with Crippen LogP contribution in [0, 0.1) is 26.9 Å². The highest BCUT2D eigenvalue weighted by atomic mass is 16.6. The Labute approximate surface area is 121 Å². The summed E-state index contributed by atoms with van der Waals surface area (Å²) in [5.41, 5.74) is -1.51. The molecule has 1 unspecified atom stereocenters. The molecule has 0 N–H and O–H groups in total. The van der Waals surface area contributed by atoms with Gasteiger partial charge >= 0.3 is 5.97 Å². The van der Waals surface area contributed by atoms with Crippen LogP contribution in [0.5, 0.6) is 0 Å². The number of rotatable bonds is 6. The third-order valence-electron chi connectivity index (χ3n) is 2.89. The number of esters is 1. The molecule has 0 amide bonds. The zero-order valence-electron chi connectivity index (χ0n) is 11.7. The van der Waals surface area contributed by atoms with Crippen molar-refractivity contribution in [3.05, 3.63) is 39.9 Å². The molecule has 1 aromatic carbocycles. The van der Waals surface area contributed by atoms with Crippen LogP contribution in [0.1, 0.15) is 30.6 Å². The van der Waals surface area contributed by atoms with Crippen LogP contribution >= 0.6 is 0 Å². The lowest BCUT2D eigenvalue weighted by Gasteiger charge is -2.18. The van der Waals surface area contributed by atoms with Crippen LogP contribution in [0.4, 0.5) is 5.69 Å². The van der Waals surface area contributed by atoms with Crippen LogP contribution in [0.3, 0.4) is 0 Å². The molecule has 0 aliphatic rings. The second-order valence-electron chi connectivity index (χ2n) is 4.57. The topological polar surface area (TPSA) is 110 Å². The van der Waals surface area contributed by atoms with Gasteiger partial charge < -0.3 is 4.74 Å². The van der Waals surface area contributed by atoms with Crippen molar-refractivity contribution < 1.29 is 19.2 Å². The van der Waals surface area contributed by atoms with Gasteiger partial charge in [-0.1, -0.05) is 0 Å². The summed E-state index contributed by atoms with van der Waals surface area (Å²) >= 11 is 0. The lowest BCUT2D eigenvalue weighted by atomic mass is 9.85. The summed E-state index contributed by atoms with van der Waals surface area (Å²) in [4.78, 5) is 33.8. The Bertz CT molecular complexity index is 603. The van der Waals surface area contributed by atoms with Crippen molar-refractivity contribution in [2.75, 3.05) is 6.61 Å². The Morgan fingerprint density at radius 2 is 1.95 bits per heavy atom. The van der Waals surface area contributed by atoms with E-state index in [1.165, 1.54) is 31.2 Å². The number of ether oxygens (including phenoxy) is 1. The van der Waals surface area contributed by atoms with Crippen molar-refractivity contribution >= 4 is 17.4 Å². The Morgan fingerprint density at radius 1 is 1.38 bits per heavy atom. The second kappa shape index (κ2) is 6.61. The number of nitriles is 1. The summed E-state index contributed by atoms with van der Waals surface area (Å²) < 4.78 is 4.78. The molecule has 0 fully saturated rings. The summed E-state index contributed by atoms with van der Waals surface area (Å²) in [5.74, 6) is -1.22. The molecule has 0 heterocycles. The quantitative estimate of drug-likeness (QED) is 0.344. The first-order valence-corrected chi connectivity index (χ1v) is 6.20. The van der Waals surface area contributed by atoms with E-state index < -0.39 is 22.1 Å². The van der Waals surface area contributed by atoms with Gasteiger partial charge in [-0.25, -0.2) is 0 Å². The van der Waals surface area contributed by atoms with Crippen molar-refractivity contribution in [1.82, 2.24) is 0 Å². The molecule has 1 aromatic rings. The SMILES string of the molecule is CCOC(=O)C(C)(C#N)CC(=O)c1ccc([N+](=O)[O-])cc1. The maximum absolute atomic E-state index is 12.1. The highest BCUT2D eigenvalue weighted by Gasteiger charge is 2.37. The van der Waals surface area contributed by atoms with E-state index in [1.807, 2.05) is 0 Å². The molecule has 7 nitrogen and oxygen atoms in total. The maximum Gasteiger partial charge on any atom is 0.326 e. The molecule has 21 heavy (non-hydrogen) atoms. The van der Waals surface area contributed by atoms with Gasteiger partial charge in [0.05, 0.1) is 17.6 Å². The number of nitrogens with zero attached hydrogens (tertiary/aromatic N) is 2. The second-order valence-corrected chi connectivity index (χ2v) is 4.57. The smallest absolute Gasteiger partial charge is 0.326 e. The van der Waals surface area contributed by atoms with Crippen molar-refractivity contribution in [1.29, 1.82) is 5.26 Å². The van der Waals surface area contributed by atoms with Crippen LogP contribution in [0.15, 0.2) is 24.3 Å². The molecular weight excluding hydrogens is 276 g/mol. The molecule has 7 heteroatoms. The van der Waals surface area contributed by atoms with E-state index >= 15 is 0 Å². The first-order valence-electron chi connectivity index (χ1n) is 6.20. The van der Waals surface area contributed by atoms with Gasteiger partial charge in [0.1, 0.15) is 0 Å². The molecule has 0 aliphatic heterocycles. The highest BCUT2D eigenvalue weighted by Crippen LogP contribution is 2.25. The Morgan fingerprint density at radius 3 is 2.38 bits per heavy atom. The minimum absolute atomic E-state index is 0.113. The third kappa shape index (κ3) is 3.86. The average molecular weight is 290 g/mol. The van der Waals surface area contributed by atoms with Crippen molar-refractivity contribution in [2.45, 2.75) is 20.3 Å². The number of Topliss-reactive ketones (excluding diaryl/α,β-unsaturated/α-hetero) is 1. The number of hydrogen-bond acceptors (Lipinski definition) is 6. The summed E-state index contributed by atoms with van der Waals surface area (Å²) in [6, 6.07) is 6.77. The van der Waals surface area contributed by atoms with Gasteiger partial charge in [0.15, 0.2) is 11.2 Å². The number of carbonyl (C=O) groups is 2. The molecule has 1 atom stereocenters. The van der Waals surface area contributed by atoms with Crippen LogP contribution in [0.25, 0.3) is 0 Å². The van der Waals surface area contributed by atoms with Gasteiger partial charge in [0, 0.05) is 24.1 Å². The lowest BCUT2D eigenvalue weighted by Crippen LogP contribution is -2.31. The van der Waals surface area contributed by atoms with E-state index in [2.05, 4.69) is 0 Å². The molecule has 0 saturated heterocycles. The Hall–Kier alpha value is -2.75. The summed E-state index contributed by atoms with van der Waals surface area (Å²) in [5, 5.41) is 19.6. The molecule has 0 spiro atoms. The van der Waals surface area contributed by atoms with Gasteiger partial charge in [-0.15, -0.1) is 0 Å². The van der Waals surface area contributed by atoms with E-state index in [4.69, 9.17) is 10.00 Å². The number of ketones is 1. The van der Waals surface area contributed by atoms with Gasteiger partial charge in [0.2, 0.25) is 0 Å². The predicted octanol–water partition coefficient (Wildman–Crippen LogP) is 2.26. The van der Waals surface area contributed by atoms with Gasteiger partial charge in [0.25, 0.3) is 5.69 Å². The third-order valence-corrected chi connectivity index (χ3v) is 2.89. The fourth-order valence-corrected chi connectivity index (χ4v) is 1.64. The minimum atomic E-state index is -1.57. The molecule has 1 rings (SSSR count). The Kier molecular flexibility index (Phi) is 5.13. The van der Waals surface area contributed by atoms with E-state index in [9.17, 15) is 19.7 Å². The number of nitro groups is 1. The van der Waals surface area contributed by atoms with Crippen LogP contribution in [0.2, 0.25) is 0 Å². The fourth-order valence-electron chi connectivity index (χ4n) is 1.64. The molecule has 0 aromatic heterocycles. The zero-order chi connectivity index (χ0) is 16.0. The zero-order valence-corrected chi connectivity index (χ0v) is 11.7. The largest absolute Gasteiger partial charge is 0.465 e. The van der Waals surface area contributed by atoms with Gasteiger partial charge in [-0.2, -0.15) is 5.26 Å². The standard InChI is InChI=1S/C14H14N2O5/c1-3-21-13(18)14(2,9-15)8-12(17)10-4-6-11(7-5-10)16(19)20/h4-7H,3,8H2,1-2H3. The monoisotopic (exact) mass is 290 g/mol. The summed E-state index contributed by atoms with van der Waals surface area (Å²) in [6.45, 7) is 3.05. The van der Waals surface area contributed by atoms with E-state index in [1.54, 1.807) is 13.0 Å². The van der Waals surface area contributed by atoms with Crippen molar-refractivity contribution in [3.63, 3.8) is 0 Å². The normalized spacial score (nSPS) is 12.8. The molecule has 0 radical (unpaired) electrons. The summed E-state index contributed by atoms with van der Waals surface area (Å²) in [6.07, 6.45) is -0.347. The van der Waals surface area contributed by atoms with E-state index in [-0.39, 0.29) is 24.3 Å². The lowest BCUT2D eigenvalue weighted by molar-refractivity contribution is -0.384. The van der Waals surface area contributed by atoms with E-state index in [0.717, 1.165) is 0 Å². The first kappa shape index (κ1) is 16.3. The van der Waals surface area contributed by atoms with Crippen LogP contribution in [-0.2, 0) is 9.53 Å². The van der Waals surface area contributed by atoms with Crippen LogP contribution < -0.4 is 0 Å². The summed E-state index contributed by atoms with van der Waals surface area (Å²) in [7, 11) is 0. The number of hydrogen-bond donors (Lipinski definition) is 0. The van der Waals surface area contributed by atoms with Gasteiger partial charge in [-0.05, 0) is 26.0 Å². The number of non-ortho nitro benzene ring substituents is 1. The van der Waals surface area contributed by atoms with Crippen molar-refractivity contribution in [3.8, 4) is 6.07 Å². The van der Waals surface area contributed by atoms with Crippen molar-refractivity contribution in [2.24, 2.45) is 5.41 Å². The molecule has 0 saturated carbocycles. The number of nitro benzene ring substituents is 1. The van der Waals surface area contributed by atoms with E-state index in [0.29, 0.717) is 0 Å². The molecule has 0 bridgehead atoms. The minimum Gasteiger partial charge on any atom is -0.465 e. The number of carbonyl (C=O) groups excluding carboxylic acids is 2. The highest BCUT2D eigenvalue weighted by molar-refractivity contribution is 5.99. The molecule has 110 valence electrons.